The fourth-order valence-electron chi connectivity index (χ4n) is 0.992. The van der Waals surface area contributed by atoms with E-state index in [1.54, 1.807) is 0 Å². The topological polar surface area (TPSA) is 32.3 Å². The Morgan fingerprint density at radius 1 is 1.27 bits per heavy atom. The van der Waals surface area contributed by atoms with Gasteiger partial charge in [0.05, 0.1) is 6.10 Å². The van der Waals surface area contributed by atoms with Gasteiger partial charge in [0, 0.05) is 0 Å². The van der Waals surface area contributed by atoms with Gasteiger partial charge >= 0.3 is 0 Å². The van der Waals surface area contributed by atoms with E-state index in [1.807, 2.05) is 6.92 Å². The number of aliphatic hydroxyl groups is 1. The zero-order chi connectivity index (χ0) is 8.53. The Bertz CT molecular complexity index is 74.0. The minimum absolute atomic E-state index is 0.124. The van der Waals surface area contributed by atoms with E-state index >= 15 is 0 Å². The lowest BCUT2D eigenvalue weighted by Gasteiger charge is -2.04. The molecule has 0 radical (unpaired) electrons. The van der Waals surface area contributed by atoms with Crippen molar-refractivity contribution in [2.45, 2.75) is 45.6 Å². The van der Waals surface area contributed by atoms with Crippen LogP contribution < -0.4 is 5.32 Å². The summed E-state index contributed by atoms with van der Waals surface area (Å²) >= 11 is 0. The molecule has 0 aromatic rings. The summed E-state index contributed by atoms with van der Waals surface area (Å²) in [6.45, 7) is 6.23. The van der Waals surface area contributed by atoms with E-state index in [0.717, 1.165) is 25.9 Å². The molecule has 2 heteroatoms. The first-order valence-electron chi connectivity index (χ1n) is 4.66. The predicted molar refractivity (Wildman–Crippen MR) is 48.7 cm³/mol. The van der Waals surface area contributed by atoms with Crippen molar-refractivity contribution in [3.63, 3.8) is 0 Å². The number of hydrogen-bond donors (Lipinski definition) is 2. The van der Waals surface area contributed by atoms with Crippen molar-refractivity contribution in [1.82, 2.24) is 5.32 Å². The molecule has 1 atom stereocenters. The summed E-state index contributed by atoms with van der Waals surface area (Å²) in [5.41, 5.74) is 0. The van der Waals surface area contributed by atoms with Crippen LogP contribution in [0, 0.1) is 0 Å². The molecule has 0 heterocycles. The van der Waals surface area contributed by atoms with Crippen molar-refractivity contribution in [2.24, 2.45) is 0 Å². The minimum atomic E-state index is -0.124. The van der Waals surface area contributed by atoms with Crippen LogP contribution in [-0.2, 0) is 0 Å². The fraction of sp³-hybridized carbons (Fsp3) is 1.00. The second-order valence-electron chi connectivity index (χ2n) is 3.09. The normalized spacial score (nSPS) is 13.4. The van der Waals surface area contributed by atoms with E-state index in [0.29, 0.717) is 0 Å². The second-order valence-corrected chi connectivity index (χ2v) is 3.09. The van der Waals surface area contributed by atoms with Gasteiger partial charge in [0.1, 0.15) is 0 Å². The van der Waals surface area contributed by atoms with E-state index in [1.165, 1.54) is 12.8 Å². The largest absolute Gasteiger partial charge is 0.393 e. The predicted octanol–water partition coefficient (Wildman–Crippen LogP) is 1.54. The van der Waals surface area contributed by atoms with Gasteiger partial charge in [-0.2, -0.15) is 0 Å². The summed E-state index contributed by atoms with van der Waals surface area (Å²) in [5, 5.41) is 12.3. The minimum Gasteiger partial charge on any atom is -0.393 e. The van der Waals surface area contributed by atoms with Crippen molar-refractivity contribution in [3.8, 4) is 0 Å². The van der Waals surface area contributed by atoms with E-state index in [-0.39, 0.29) is 6.10 Å². The number of rotatable bonds is 7. The highest BCUT2D eigenvalue weighted by atomic mass is 16.3. The quantitative estimate of drug-likeness (QED) is 0.552. The van der Waals surface area contributed by atoms with Gasteiger partial charge in [-0.05, 0) is 45.7 Å². The maximum atomic E-state index is 8.93. The Kier molecular flexibility index (Phi) is 7.96. The van der Waals surface area contributed by atoms with Gasteiger partial charge in [-0.25, -0.2) is 0 Å². The molecule has 0 aliphatic rings. The van der Waals surface area contributed by atoms with Crippen LogP contribution in [0.4, 0.5) is 0 Å². The molecule has 0 aromatic heterocycles. The Labute approximate surface area is 70.0 Å². The van der Waals surface area contributed by atoms with Gasteiger partial charge in [-0.15, -0.1) is 0 Å². The van der Waals surface area contributed by atoms with Crippen molar-refractivity contribution in [1.29, 1.82) is 0 Å². The lowest BCUT2D eigenvalue weighted by atomic mass is 10.2. The molecule has 0 rings (SSSR count). The SMILES string of the molecule is CCCNCCCCC(C)O. The standard InChI is InChI=1S/C9H21NO/c1-3-7-10-8-5-4-6-9(2)11/h9-11H,3-8H2,1-2H3. The lowest BCUT2D eigenvalue weighted by Crippen LogP contribution is -2.16. The fourth-order valence-corrected chi connectivity index (χ4v) is 0.992. The van der Waals surface area contributed by atoms with Gasteiger partial charge in [0.25, 0.3) is 0 Å². The molecule has 0 saturated heterocycles. The molecule has 0 aliphatic carbocycles. The average molecular weight is 159 g/mol. The summed E-state index contributed by atoms with van der Waals surface area (Å²) < 4.78 is 0. The molecule has 0 amide bonds. The Morgan fingerprint density at radius 2 is 2.00 bits per heavy atom. The third kappa shape index (κ3) is 9.92. The highest BCUT2D eigenvalue weighted by Gasteiger charge is 1.94. The Morgan fingerprint density at radius 3 is 2.55 bits per heavy atom. The molecule has 1 unspecified atom stereocenters. The van der Waals surface area contributed by atoms with Crippen molar-refractivity contribution < 1.29 is 5.11 Å². The molecule has 0 aliphatic heterocycles. The lowest BCUT2D eigenvalue weighted by molar-refractivity contribution is 0.180. The Balaban J connectivity index is 2.80. The summed E-state index contributed by atoms with van der Waals surface area (Å²) in [6, 6.07) is 0. The van der Waals surface area contributed by atoms with Gasteiger partial charge in [0.15, 0.2) is 0 Å². The molecule has 0 bridgehead atoms. The Hall–Kier alpha value is -0.0800. The number of hydrogen-bond acceptors (Lipinski definition) is 2. The number of nitrogens with one attached hydrogen (secondary N) is 1. The molecule has 11 heavy (non-hydrogen) atoms. The maximum absolute atomic E-state index is 8.93. The summed E-state index contributed by atoms with van der Waals surface area (Å²) in [7, 11) is 0. The van der Waals surface area contributed by atoms with Crippen LogP contribution in [0.5, 0.6) is 0 Å². The maximum Gasteiger partial charge on any atom is 0.0512 e. The van der Waals surface area contributed by atoms with Crippen molar-refractivity contribution >= 4 is 0 Å². The number of unbranched alkanes of at least 4 members (excludes halogenated alkanes) is 1. The van der Waals surface area contributed by atoms with Crippen LogP contribution >= 0.6 is 0 Å². The van der Waals surface area contributed by atoms with Crippen LogP contribution in [0.3, 0.4) is 0 Å². The molecule has 0 aromatic carbocycles. The molecule has 0 saturated carbocycles. The third-order valence-corrected chi connectivity index (χ3v) is 1.65. The zero-order valence-electron chi connectivity index (χ0n) is 7.77. The smallest absolute Gasteiger partial charge is 0.0512 e. The summed E-state index contributed by atoms with van der Waals surface area (Å²) in [5.74, 6) is 0. The molecule has 68 valence electrons. The summed E-state index contributed by atoms with van der Waals surface area (Å²) in [6.07, 6.45) is 4.34. The number of aliphatic hydroxyl groups excluding tert-OH is 1. The van der Waals surface area contributed by atoms with E-state index < -0.39 is 0 Å². The van der Waals surface area contributed by atoms with E-state index in [9.17, 15) is 0 Å². The van der Waals surface area contributed by atoms with Crippen LogP contribution in [0.1, 0.15) is 39.5 Å². The van der Waals surface area contributed by atoms with Crippen molar-refractivity contribution in [3.05, 3.63) is 0 Å². The van der Waals surface area contributed by atoms with E-state index in [4.69, 9.17) is 5.11 Å². The van der Waals surface area contributed by atoms with Crippen LogP contribution in [0.15, 0.2) is 0 Å². The average Bonchev–Trinajstić information content (AvgIpc) is 1.96. The van der Waals surface area contributed by atoms with Gasteiger partial charge in [0.2, 0.25) is 0 Å². The molecule has 0 fully saturated rings. The second kappa shape index (κ2) is 8.02. The first kappa shape index (κ1) is 10.9. The first-order chi connectivity index (χ1) is 5.27. The van der Waals surface area contributed by atoms with Crippen LogP contribution in [0.2, 0.25) is 0 Å². The van der Waals surface area contributed by atoms with Crippen LogP contribution in [-0.4, -0.2) is 24.3 Å². The molecule has 0 spiro atoms. The molecule has 2 nitrogen and oxygen atoms in total. The van der Waals surface area contributed by atoms with Crippen LogP contribution in [0.25, 0.3) is 0 Å². The monoisotopic (exact) mass is 159 g/mol. The van der Waals surface area contributed by atoms with Gasteiger partial charge in [-0.1, -0.05) is 6.92 Å². The first-order valence-corrected chi connectivity index (χ1v) is 4.66. The van der Waals surface area contributed by atoms with Gasteiger partial charge in [-0.3, -0.25) is 0 Å². The van der Waals surface area contributed by atoms with Crippen molar-refractivity contribution in [2.75, 3.05) is 13.1 Å². The van der Waals surface area contributed by atoms with Gasteiger partial charge < -0.3 is 10.4 Å². The zero-order valence-corrected chi connectivity index (χ0v) is 7.77. The summed E-state index contributed by atoms with van der Waals surface area (Å²) in [4.78, 5) is 0. The highest BCUT2D eigenvalue weighted by Crippen LogP contribution is 1.98. The van der Waals surface area contributed by atoms with E-state index in [2.05, 4.69) is 12.2 Å². The molecule has 2 N–H and O–H groups in total. The molecular weight excluding hydrogens is 138 g/mol. The highest BCUT2D eigenvalue weighted by molar-refractivity contribution is 4.50. The molecular formula is C9H21NO. The third-order valence-electron chi connectivity index (χ3n) is 1.65.